The van der Waals surface area contributed by atoms with E-state index in [2.05, 4.69) is 10.2 Å². The smallest absolute Gasteiger partial charge is 0.244 e. The van der Waals surface area contributed by atoms with Crippen LogP contribution < -0.4 is 0 Å². The van der Waals surface area contributed by atoms with E-state index in [4.69, 9.17) is 13.9 Å². The Labute approximate surface area is 100 Å². The lowest BCUT2D eigenvalue weighted by atomic mass is 9.85. The average molecular weight is 238 g/mol. The highest BCUT2D eigenvalue weighted by atomic mass is 16.5. The van der Waals surface area contributed by atoms with Crippen molar-refractivity contribution in [2.24, 2.45) is 5.92 Å². The van der Waals surface area contributed by atoms with Crippen LogP contribution in [0.2, 0.25) is 0 Å². The molecule has 0 spiro atoms. The minimum atomic E-state index is -0.114. The standard InChI is InChI=1S/C12H18N2O3/c1-8(16-7-9-5-15-6-9)11-13-14-12(17-11)10-3-2-4-10/h8-10H,2-7H2,1H3. The molecule has 1 aliphatic heterocycles. The SMILES string of the molecule is CC(OCC1COC1)c1nnc(C2CCC2)o1. The fraction of sp³-hybridized carbons (Fsp3) is 0.833. The molecule has 1 aliphatic carbocycles. The van der Waals surface area contributed by atoms with Crippen molar-refractivity contribution >= 4 is 0 Å². The van der Waals surface area contributed by atoms with Gasteiger partial charge in [-0.05, 0) is 19.8 Å². The van der Waals surface area contributed by atoms with Gasteiger partial charge in [0.2, 0.25) is 11.8 Å². The molecule has 0 N–H and O–H groups in total. The van der Waals surface area contributed by atoms with Crippen LogP contribution in [0, 0.1) is 5.92 Å². The molecule has 1 saturated carbocycles. The predicted octanol–water partition coefficient (Wildman–Crippen LogP) is 2.06. The molecular formula is C12H18N2O3. The second kappa shape index (κ2) is 4.74. The van der Waals surface area contributed by atoms with E-state index >= 15 is 0 Å². The van der Waals surface area contributed by atoms with Crippen molar-refractivity contribution in [1.82, 2.24) is 10.2 Å². The molecule has 0 amide bonds. The Bertz CT molecular complexity index is 372. The van der Waals surface area contributed by atoms with Crippen LogP contribution in [-0.4, -0.2) is 30.0 Å². The molecule has 5 nitrogen and oxygen atoms in total. The Morgan fingerprint density at radius 3 is 2.76 bits per heavy atom. The van der Waals surface area contributed by atoms with E-state index in [-0.39, 0.29) is 6.10 Å². The van der Waals surface area contributed by atoms with Crippen LogP contribution in [0.1, 0.15) is 50.0 Å². The van der Waals surface area contributed by atoms with Crippen LogP contribution in [-0.2, 0) is 9.47 Å². The topological polar surface area (TPSA) is 57.4 Å². The van der Waals surface area contributed by atoms with Gasteiger partial charge in [0.25, 0.3) is 0 Å². The largest absolute Gasteiger partial charge is 0.422 e. The molecular weight excluding hydrogens is 220 g/mol. The number of rotatable bonds is 5. The number of hydrogen-bond acceptors (Lipinski definition) is 5. The van der Waals surface area contributed by atoms with Crippen molar-refractivity contribution < 1.29 is 13.9 Å². The van der Waals surface area contributed by atoms with Gasteiger partial charge in [-0.25, -0.2) is 0 Å². The lowest BCUT2D eigenvalue weighted by Gasteiger charge is -2.26. The van der Waals surface area contributed by atoms with Crippen molar-refractivity contribution in [3.63, 3.8) is 0 Å². The molecule has 0 aromatic carbocycles. The molecule has 3 rings (SSSR count). The highest BCUT2D eigenvalue weighted by molar-refractivity contribution is 4.97. The third-order valence-corrected chi connectivity index (χ3v) is 3.55. The minimum absolute atomic E-state index is 0.114. The van der Waals surface area contributed by atoms with Crippen molar-refractivity contribution in [3.05, 3.63) is 11.8 Å². The van der Waals surface area contributed by atoms with Crippen molar-refractivity contribution in [1.29, 1.82) is 0 Å². The number of ether oxygens (including phenoxy) is 2. The molecule has 5 heteroatoms. The zero-order valence-corrected chi connectivity index (χ0v) is 10.1. The van der Waals surface area contributed by atoms with E-state index < -0.39 is 0 Å². The van der Waals surface area contributed by atoms with Crippen molar-refractivity contribution in [3.8, 4) is 0 Å². The summed E-state index contributed by atoms with van der Waals surface area (Å²) in [5, 5.41) is 8.17. The predicted molar refractivity (Wildman–Crippen MR) is 59.6 cm³/mol. The number of hydrogen-bond donors (Lipinski definition) is 0. The highest BCUT2D eigenvalue weighted by Crippen LogP contribution is 2.36. The second-order valence-electron chi connectivity index (χ2n) is 4.99. The Morgan fingerprint density at radius 1 is 1.35 bits per heavy atom. The molecule has 0 radical (unpaired) electrons. The summed E-state index contributed by atoms with van der Waals surface area (Å²) < 4.78 is 16.5. The first-order valence-electron chi connectivity index (χ1n) is 6.35. The lowest BCUT2D eigenvalue weighted by Crippen LogP contribution is -2.31. The normalized spacial score (nSPS) is 23.1. The third-order valence-electron chi connectivity index (χ3n) is 3.55. The van der Waals surface area contributed by atoms with E-state index in [1.54, 1.807) is 0 Å². The molecule has 2 fully saturated rings. The van der Waals surface area contributed by atoms with Gasteiger partial charge in [-0.2, -0.15) is 0 Å². The molecule has 2 heterocycles. The summed E-state index contributed by atoms with van der Waals surface area (Å²) in [5.41, 5.74) is 0. The summed E-state index contributed by atoms with van der Waals surface area (Å²) in [6, 6.07) is 0. The number of aromatic nitrogens is 2. The summed E-state index contributed by atoms with van der Waals surface area (Å²) in [7, 11) is 0. The van der Waals surface area contributed by atoms with E-state index in [0.29, 0.717) is 24.3 Å². The van der Waals surface area contributed by atoms with Crippen LogP contribution in [0.5, 0.6) is 0 Å². The van der Waals surface area contributed by atoms with Gasteiger partial charge < -0.3 is 13.9 Å². The third kappa shape index (κ3) is 2.35. The fourth-order valence-corrected chi connectivity index (χ4v) is 1.96. The fourth-order valence-electron chi connectivity index (χ4n) is 1.96. The molecule has 1 aromatic heterocycles. The van der Waals surface area contributed by atoms with Crippen LogP contribution in [0.15, 0.2) is 4.42 Å². The van der Waals surface area contributed by atoms with Gasteiger partial charge in [-0.15, -0.1) is 10.2 Å². The first kappa shape index (κ1) is 11.2. The Balaban J connectivity index is 1.52. The molecule has 0 bridgehead atoms. The molecule has 1 atom stereocenters. The maximum atomic E-state index is 5.70. The summed E-state index contributed by atoms with van der Waals surface area (Å²) in [6.45, 7) is 4.29. The van der Waals surface area contributed by atoms with Gasteiger partial charge in [0.15, 0.2) is 0 Å². The Morgan fingerprint density at radius 2 is 2.18 bits per heavy atom. The summed E-state index contributed by atoms with van der Waals surface area (Å²) in [5.74, 6) is 2.41. The molecule has 1 saturated heterocycles. The van der Waals surface area contributed by atoms with Crippen LogP contribution >= 0.6 is 0 Å². The van der Waals surface area contributed by atoms with Gasteiger partial charge in [0.1, 0.15) is 6.10 Å². The van der Waals surface area contributed by atoms with Crippen molar-refractivity contribution in [2.75, 3.05) is 19.8 Å². The van der Waals surface area contributed by atoms with Crippen molar-refractivity contribution in [2.45, 2.75) is 38.2 Å². The van der Waals surface area contributed by atoms with Gasteiger partial charge in [0.05, 0.1) is 19.8 Å². The first-order valence-corrected chi connectivity index (χ1v) is 6.35. The second-order valence-corrected chi connectivity index (χ2v) is 4.99. The Kier molecular flexibility index (Phi) is 3.11. The average Bonchev–Trinajstić information content (AvgIpc) is 2.61. The van der Waals surface area contributed by atoms with Gasteiger partial charge in [-0.3, -0.25) is 0 Å². The molecule has 1 aromatic rings. The molecule has 94 valence electrons. The minimum Gasteiger partial charge on any atom is -0.422 e. The van der Waals surface area contributed by atoms with E-state index in [1.807, 2.05) is 6.92 Å². The maximum absolute atomic E-state index is 5.70. The molecule has 1 unspecified atom stereocenters. The zero-order valence-electron chi connectivity index (χ0n) is 10.1. The lowest BCUT2D eigenvalue weighted by molar-refractivity contribution is -0.0887. The maximum Gasteiger partial charge on any atom is 0.244 e. The van der Waals surface area contributed by atoms with Crippen LogP contribution in [0.25, 0.3) is 0 Å². The first-order chi connectivity index (χ1) is 8.33. The monoisotopic (exact) mass is 238 g/mol. The van der Waals surface area contributed by atoms with Gasteiger partial charge >= 0.3 is 0 Å². The van der Waals surface area contributed by atoms with Gasteiger partial charge in [-0.1, -0.05) is 6.42 Å². The van der Waals surface area contributed by atoms with Crippen LogP contribution in [0.4, 0.5) is 0 Å². The molecule has 2 aliphatic rings. The Hall–Kier alpha value is -0.940. The highest BCUT2D eigenvalue weighted by Gasteiger charge is 2.27. The van der Waals surface area contributed by atoms with Gasteiger partial charge in [0, 0.05) is 11.8 Å². The van der Waals surface area contributed by atoms with Crippen LogP contribution in [0.3, 0.4) is 0 Å². The van der Waals surface area contributed by atoms with E-state index in [1.165, 1.54) is 19.3 Å². The summed E-state index contributed by atoms with van der Waals surface area (Å²) >= 11 is 0. The van der Waals surface area contributed by atoms with E-state index in [0.717, 1.165) is 19.1 Å². The molecule has 17 heavy (non-hydrogen) atoms. The summed E-state index contributed by atoms with van der Waals surface area (Å²) in [4.78, 5) is 0. The van der Waals surface area contributed by atoms with E-state index in [9.17, 15) is 0 Å². The zero-order chi connectivity index (χ0) is 11.7. The summed E-state index contributed by atoms with van der Waals surface area (Å²) in [6.07, 6.45) is 3.51. The number of nitrogens with zero attached hydrogens (tertiary/aromatic N) is 2. The quantitative estimate of drug-likeness (QED) is 0.785.